The molecular formula is C12H16O3. The zero-order chi connectivity index (χ0) is 11.1. The summed E-state index contributed by atoms with van der Waals surface area (Å²) in [4.78, 5) is 0. The SMILES string of the molecule is CC=CCOc1cc(OC)ccc1CO. The van der Waals surface area contributed by atoms with E-state index >= 15 is 0 Å². The zero-order valence-electron chi connectivity index (χ0n) is 9.06. The summed E-state index contributed by atoms with van der Waals surface area (Å²) in [6.07, 6.45) is 3.82. The lowest BCUT2D eigenvalue weighted by atomic mass is 10.2. The number of allylic oxidation sites excluding steroid dienone is 1. The molecule has 3 heteroatoms. The van der Waals surface area contributed by atoms with E-state index in [2.05, 4.69) is 0 Å². The number of rotatable bonds is 5. The van der Waals surface area contributed by atoms with Gasteiger partial charge in [-0.15, -0.1) is 0 Å². The van der Waals surface area contributed by atoms with Crippen LogP contribution in [-0.4, -0.2) is 18.8 Å². The monoisotopic (exact) mass is 208 g/mol. The summed E-state index contributed by atoms with van der Waals surface area (Å²) in [5.74, 6) is 1.39. The maximum absolute atomic E-state index is 9.10. The first-order valence-corrected chi connectivity index (χ1v) is 4.83. The van der Waals surface area contributed by atoms with Gasteiger partial charge in [0.1, 0.15) is 18.1 Å². The highest BCUT2D eigenvalue weighted by molar-refractivity contribution is 5.40. The molecule has 0 radical (unpaired) electrons. The van der Waals surface area contributed by atoms with Crippen LogP contribution in [0.4, 0.5) is 0 Å². The van der Waals surface area contributed by atoms with Gasteiger partial charge in [0.25, 0.3) is 0 Å². The molecule has 0 saturated carbocycles. The van der Waals surface area contributed by atoms with Crippen LogP contribution >= 0.6 is 0 Å². The van der Waals surface area contributed by atoms with Crippen LogP contribution in [0.25, 0.3) is 0 Å². The molecule has 0 fully saturated rings. The Morgan fingerprint density at radius 3 is 2.80 bits per heavy atom. The fraction of sp³-hybridized carbons (Fsp3) is 0.333. The largest absolute Gasteiger partial charge is 0.497 e. The summed E-state index contributed by atoms with van der Waals surface area (Å²) in [6, 6.07) is 5.37. The molecule has 1 N–H and O–H groups in total. The number of benzene rings is 1. The number of methoxy groups -OCH3 is 1. The lowest BCUT2D eigenvalue weighted by Crippen LogP contribution is -1.98. The molecule has 0 spiro atoms. The summed E-state index contributed by atoms with van der Waals surface area (Å²) in [6.45, 7) is 2.40. The van der Waals surface area contributed by atoms with Crippen molar-refractivity contribution in [2.24, 2.45) is 0 Å². The maximum Gasteiger partial charge on any atom is 0.128 e. The van der Waals surface area contributed by atoms with Crippen LogP contribution in [0.2, 0.25) is 0 Å². The zero-order valence-corrected chi connectivity index (χ0v) is 9.06. The second-order valence-electron chi connectivity index (χ2n) is 3.01. The number of aliphatic hydroxyl groups is 1. The van der Waals surface area contributed by atoms with Gasteiger partial charge in [0.05, 0.1) is 13.7 Å². The van der Waals surface area contributed by atoms with Crippen molar-refractivity contribution >= 4 is 0 Å². The summed E-state index contributed by atoms with van der Waals surface area (Å²) in [5.41, 5.74) is 0.764. The number of aliphatic hydroxyl groups excluding tert-OH is 1. The van der Waals surface area contributed by atoms with E-state index < -0.39 is 0 Å². The fourth-order valence-corrected chi connectivity index (χ4v) is 1.16. The Morgan fingerprint density at radius 2 is 2.20 bits per heavy atom. The smallest absolute Gasteiger partial charge is 0.128 e. The Kier molecular flexibility index (Phi) is 4.71. The summed E-state index contributed by atoms with van der Waals surface area (Å²) in [5, 5.41) is 9.10. The number of hydrogen-bond donors (Lipinski definition) is 1. The first kappa shape index (κ1) is 11.6. The third kappa shape index (κ3) is 3.29. The second-order valence-corrected chi connectivity index (χ2v) is 3.01. The highest BCUT2D eigenvalue weighted by atomic mass is 16.5. The predicted molar refractivity (Wildman–Crippen MR) is 59.2 cm³/mol. The van der Waals surface area contributed by atoms with E-state index in [4.69, 9.17) is 14.6 Å². The Labute approximate surface area is 90.0 Å². The van der Waals surface area contributed by atoms with E-state index in [0.29, 0.717) is 12.4 Å². The van der Waals surface area contributed by atoms with Crippen LogP contribution in [0.3, 0.4) is 0 Å². The first-order chi connectivity index (χ1) is 7.31. The van der Waals surface area contributed by atoms with Crippen molar-refractivity contribution in [2.45, 2.75) is 13.5 Å². The Balaban J connectivity index is 2.81. The van der Waals surface area contributed by atoms with Crippen LogP contribution in [0.15, 0.2) is 30.4 Å². The van der Waals surface area contributed by atoms with Crippen LogP contribution in [0.5, 0.6) is 11.5 Å². The average molecular weight is 208 g/mol. The molecule has 0 saturated heterocycles. The van der Waals surface area contributed by atoms with Crippen LogP contribution in [-0.2, 0) is 6.61 Å². The van der Waals surface area contributed by atoms with Crippen LogP contribution in [0, 0.1) is 0 Å². The van der Waals surface area contributed by atoms with E-state index in [1.807, 2.05) is 19.1 Å². The normalized spacial score (nSPS) is 10.6. The lowest BCUT2D eigenvalue weighted by molar-refractivity contribution is 0.269. The molecule has 82 valence electrons. The Hall–Kier alpha value is -1.48. The van der Waals surface area contributed by atoms with E-state index in [9.17, 15) is 0 Å². The molecule has 0 atom stereocenters. The van der Waals surface area contributed by atoms with Gasteiger partial charge >= 0.3 is 0 Å². The number of ether oxygens (including phenoxy) is 2. The minimum Gasteiger partial charge on any atom is -0.497 e. The van der Waals surface area contributed by atoms with Crippen molar-refractivity contribution < 1.29 is 14.6 Å². The van der Waals surface area contributed by atoms with E-state index in [1.165, 1.54) is 0 Å². The molecule has 0 unspecified atom stereocenters. The van der Waals surface area contributed by atoms with Gasteiger partial charge in [-0.05, 0) is 19.1 Å². The summed E-state index contributed by atoms with van der Waals surface area (Å²) >= 11 is 0. The Bertz CT molecular complexity index is 332. The van der Waals surface area contributed by atoms with E-state index in [0.717, 1.165) is 11.3 Å². The van der Waals surface area contributed by atoms with Crippen molar-refractivity contribution in [3.8, 4) is 11.5 Å². The van der Waals surface area contributed by atoms with Crippen molar-refractivity contribution in [2.75, 3.05) is 13.7 Å². The molecule has 1 rings (SSSR count). The van der Waals surface area contributed by atoms with Gasteiger partial charge in [0.15, 0.2) is 0 Å². The highest BCUT2D eigenvalue weighted by Gasteiger charge is 2.03. The van der Waals surface area contributed by atoms with E-state index in [1.54, 1.807) is 25.3 Å². The summed E-state index contributed by atoms with van der Waals surface area (Å²) < 4.78 is 10.6. The average Bonchev–Trinajstić information content (AvgIpc) is 2.29. The molecule has 0 amide bonds. The predicted octanol–water partition coefficient (Wildman–Crippen LogP) is 2.14. The first-order valence-electron chi connectivity index (χ1n) is 4.83. The van der Waals surface area contributed by atoms with Crippen LogP contribution < -0.4 is 9.47 Å². The molecular weight excluding hydrogens is 192 g/mol. The van der Waals surface area contributed by atoms with Gasteiger partial charge in [-0.2, -0.15) is 0 Å². The van der Waals surface area contributed by atoms with Crippen molar-refractivity contribution in [3.05, 3.63) is 35.9 Å². The second kappa shape index (κ2) is 6.09. The van der Waals surface area contributed by atoms with Gasteiger partial charge in [0.2, 0.25) is 0 Å². The molecule has 0 heterocycles. The Morgan fingerprint density at radius 1 is 1.40 bits per heavy atom. The van der Waals surface area contributed by atoms with Crippen LogP contribution in [0.1, 0.15) is 12.5 Å². The van der Waals surface area contributed by atoms with Gasteiger partial charge in [-0.1, -0.05) is 12.2 Å². The molecule has 0 aromatic heterocycles. The third-order valence-corrected chi connectivity index (χ3v) is 2.02. The molecule has 3 nitrogen and oxygen atoms in total. The topological polar surface area (TPSA) is 38.7 Å². The van der Waals surface area contributed by atoms with Gasteiger partial charge in [-0.3, -0.25) is 0 Å². The number of hydrogen-bond acceptors (Lipinski definition) is 3. The fourth-order valence-electron chi connectivity index (χ4n) is 1.16. The molecule has 0 aliphatic rings. The van der Waals surface area contributed by atoms with Crippen molar-refractivity contribution in [1.82, 2.24) is 0 Å². The van der Waals surface area contributed by atoms with Crippen molar-refractivity contribution in [1.29, 1.82) is 0 Å². The molecule has 0 bridgehead atoms. The highest BCUT2D eigenvalue weighted by Crippen LogP contribution is 2.24. The van der Waals surface area contributed by atoms with Gasteiger partial charge in [-0.25, -0.2) is 0 Å². The van der Waals surface area contributed by atoms with Crippen molar-refractivity contribution in [3.63, 3.8) is 0 Å². The summed E-state index contributed by atoms with van der Waals surface area (Å²) in [7, 11) is 1.60. The molecule has 0 aliphatic heterocycles. The van der Waals surface area contributed by atoms with Gasteiger partial charge < -0.3 is 14.6 Å². The third-order valence-electron chi connectivity index (χ3n) is 2.02. The van der Waals surface area contributed by atoms with Gasteiger partial charge in [0, 0.05) is 11.6 Å². The minimum atomic E-state index is -0.0326. The quantitative estimate of drug-likeness (QED) is 0.753. The molecule has 0 aliphatic carbocycles. The molecule has 15 heavy (non-hydrogen) atoms. The maximum atomic E-state index is 9.10. The standard InChI is InChI=1S/C12H16O3/c1-3-4-7-15-12-8-11(14-2)6-5-10(12)9-13/h3-6,8,13H,7,9H2,1-2H3. The minimum absolute atomic E-state index is 0.0326. The lowest BCUT2D eigenvalue weighted by Gasteiger charge is -2.10. The molecule has 1 aromatic carbocycles. The van der Waals surface area contributed by atoms with E-state index in [-0.39, 0.29) is 6.61 Å². The molecule has 1 aromatic rings.